The number of carbonyl (C=O) groups excluding carboxylic acids is 1. The minimum Gasteiger partial charge on any atom is -0.303 e. The van der Waals surface area contributed by atoms with E-state index in [9.17, 15) is 4.79 Å². The highest BCUT2D eigenvalue weighted by molar-refractivity contribution is 5.49. The summed E-state index contributed by atoms with van der Waals surface area (Å²) in [5.74, 6) is 0.459. The minimum atomic E-state index is 0.459. The fraction of sp³-hybridized carbons (Fsp3) is 0.417. The highest BCUT2D eigenvalue weighted by Gasteiger charge is 2.01. The van der Waals surface area contributed by atoms with Gasteiger partial charge in [-0.1, -0.05) is 36.8 Å². The first-order valence-electron chi connectivity index (χ1n) is 4.71. The lowest BCUT2D eigenvalue weighted by atomic mass is 9.98. The quantitative estimate of drug-likeness (QED) is 0.645. The number of carbonyl (C=O) groups is 1. The standard InChI is InChI=1S/C12H16O/c1-10-3-5-12(6-4-10)9-11(2)7-8-13/h3-6,8,11H,7,9H2,1-2H3. The van der Waals surface area contributed by atoms with E-state index in [2.05, 4.69) is 38.1 Å². The van der Waals surface area contributed by atoms with Crippen molar-refractivity contribution in [3.05, 3.63) is 35.4 Å². The van der Waals surface area contributed by atoms with Gasteiger partial charge in [-0.2, -0.15) is 0 Å². The third-order valence-electron chi connectivity index (χ3n) is 2.20. The van der Waals surface area contributed by atoms with Crippen LogP contribution in [0.25, 0.3) is 0 Å². The van der Waals surface area contributed by atoms with E-state index in [4.69, 9.17) is 0 Å². The van der Waals surface area contributed by atoms with E-state index in [0.717, 1.165) is 12.7 Å². The second-order valence-electron chi connectivity index (χ2n) is 3.70. The van der Waals surface area contributed by atoms with Gasteiger partial charge in [0.2, 0.25) is 0 Å². The van der Waals surface area contributed by atoms with Crippen LogP contribution < -0.4 is 0 Å². The molecule has 0 amide bonds. The van der Waals surface area contributed by atoms with Gasteiger partial charge in [-0.25, -0.2) is 0 Å². The average molecular weight is 176 g/mol. The molecular weight excluding hydrogens is 160 g/mol. The van der Waals surface area contributed by atoms with E-state index >= 15 is 0 Å². The summed E-state index contributed by atoms with van der Waals surface area (Å²) >= 11 is 0. The van der Waals surface area contributed by atoms with Crippen molar-refractivity contribution in [3.8, 4) is 0 Å². The molecule has 0 fully saturated rings. The van der Waals surface area contributed by atoms with E-state index < -0.39 is 0 Å². The summed E-state index contributed by atoms with van der Waals surface area (Å²) in [6.07, 6.45) is 2.66. The number of hydrogen-bond donors (Lipinski definition) is 0. The normalized spacial score (nSPS) is 12.5. The SMILES string of the molecule is Cc1ccc(CC(C)CC=O)cc1. The van der Waals surface area contributed by atoms with Crippen molar-refractivity contribution in [3.63, 3.8) is 0 Å². The largest absolute Gasteiger partial charge is 0.303 e. The van der Waals surface area contributed by atoms with Crippen LogP contribution in [0.1, 0.15) is 24.5 Å². The van der Waals surface area contributed by atoms with Crippen LogP contribution in [0.4, 0.5) is 0 Å². The Kier molecular flexibility index (Phi) is 3.69. The molecule has 1 atom stereocenters. The first kappa shape index (κ1) is 9.97. The van der Waals surface area contributed by atoms with E-state index in [1.165, 1.54) is 11.1 Å². The first-order chi connectivity index (χ1) is 6.22. The summed E-state index contributed by atoms with van der Waals surface area (Å²) in [5.41, 5.74) is 2.60. The van der Waals surface area contributed by atoms with Crippen LogP contribution in [0.2, 0.25) is 0 Å². The zero-order chi connectivity index (χ0) is 9.68. The third kappa shape index (κ3) is 3.41. The molecule has 1 heteroatoms. The molecule has 1 nitrogen and oxygen atoms in total. The van der Waals surface area contributed by atoms with Crippen LogP contribution >= 0.6 is 0 Å². The predicted molar refractivity (Wildman–Crippen MR) is 54.7 cm³/mol. The second-order valence-corrected chi connectivity index (χ2v) is 3.70. The molecule has 0 saturated heterocycles. The lowest BCUT2D eigenvalue weighted by Gasteiger charge is -2.07. The minimum absolute atomic E-state index is 0.459. The van der Waals surface area contributed by atoms with Gasteiger partial charge < -0.3 is 4.79 Å². The van der Waals surface area contributed by atoms with Gasteiger partial charge in [0, 0.05) is 6.42 Å². The highest BCUT2D eigenvalue weighted by Crippen LogP contribution is 2.11. The summed E-state index contributed by atoms with van der Waals surface area (Å²) in [7, 11) is 0. The van der Waals surface area contributed by atoms with Crippen LogP contribution in [0.5, 0.6) is 0 Å². The molecule has 0 spiro atoms. The number of aldehydes is 1. The molecule has 0 saturated carbocycles. The lowest BCUT2D eigenvalue weighted by Crippen LogP contribution is -2.00. The van der Waals surface area contributed by atoms with Crippen molar-refractivity contribution >= 4 is 6.29 Å². The Morgan fingerprint density at radius 2 is 1.92 bits per heavy atom. The lowest BCUT2D eigenvalue weighted by molar-refractivity contribution is -0.108. The maximum Gasteiger partial charge on any atom is 0.120 e. The maximum atomic E-state index is 10.3. The van der Waals surface area contributed by atoms with Gasteiger partial charge in [0.05, 0.1) is 0 Å². The van der Waals surface area contributed by atoms with Gasteiger partial charge in [0.25, 0.3) is 0 Å². The molecule has 0 heterocycles. The molecule has 0 aromatic heterocycles. The van der Waals surface area contributed by atoms with Gasteiger partial charge in [-0.3, -0.25) is 0 Å². The van der Waals surface area contributed by atoms with Gasteiger partial charge in [0.1, 0.15) is 6.29 Å². The van der Waals surface area contributed by atoms with Gasteiger partial charge in [0.15, 0.2) is 0 Å². The Hall–Kier alpha value is -1.11. The Labute approximate surface area is 79.8 Å². The summed E-state index contributed by atoms with van der Waals surface area (Å²) in [6, 6.07) is 8.50. The van der Waals surface area contributed by atoms with Crippen LogP contribution in [0.15, 0.2) is 24.3 Å². The Morgan fingerprint density at radius 3 is 2.46 bits per heavy atom. The molecule has 0 N–H and O–H groups in total. The average Bonchev–Trinajstić information content (AvgIpc) is 2.09. The summed E-state index contributed by atoms with van der Waals surface area (Å²) in [5, 5.41) is 0. The molecule has 0 bridgehead atoms. The van der Waals surface area contributed by atoms with Crippen LogP contribution in [0, 0.1) is 12.8 Å². The summed E-state index contributed by atoms with van der Waals surface area (Å²) < 4.78 is 0. The van der Waals surface area contributed by atoms with Crippen molar-refractivity contribution in [2.24, 2.45) is 5.92 Å². The smallest absolute Gasteiger partial charge is 0.120 e. The fourth-order valence-electron chi connectivity index (χ4n) is 1.37. The molecule has 13 heavy (non-hydrogen) atoms. The topological polar surface area (TPSA) is 17.1 Å². The molecule has 1 unspecified atom stereocenters. The molecule has 1 aromatic rings. The number of rotatable bonds is 4. The summed E-state index contributed by atoms with van der Waals surface area (Å²) in [4.78, 5) is 10.3. The van der Waals surface area contributed by atoms with Crippen molar-refractivity contribution in [1.29, 1.82) is 0 Å². The van der Waals surface area contributed by atoms with Crippen molar-refractivity contribution in [1.82, 2.24) is 0 Å². The molecular formula is C12H16O. The highest BCUT2D eigenvalue weighted by atomic mass is 16.1. The van der Waals surface area contributed by atoms with Crippen LogP contribution in [-0.4, -0.2) is 6.29 Å². The van der Waals surface area contributed by atoms with Crippen molar-refractivity contribution in [2.45, 2.75) is 26.7 Å². The first-order valence-corrected chi connectivity index (χ1v) is 4.71. The monoisotopic (exact) mass is 176 g/mol. The van der Waals surface area contributed by atoms with Gasteiger partial charge in [-0.05, 0) is 24.8 Å². The molecule has 1 aromatic carbocycles. The zero-order valence-corrected chi connectivity index (χ0v) is 8.29. The molecule has 0 aliphatic heterocycles. The van der Waals surface area contributed by atoms with E-state index in [-0.39, 0.29) is 0 Å². The van der Waals surface area contributed by atoms with E-state index in [0.29, 0.717) is 12.3 Å². The molecule has 1 rings (SSSR count). The number of aryl methyl sites for hydroxylation is 1. The van der Waals surface area contributed by atoms with Gasteiger partial charge in [-0.15, -0.1) is 0 Å². The number of benzene rings is 1. The van der Waals surface area contributed by atoms with Crippen LogP contribution in [-0.2, 0) is 11.2 Å². The molecule has 0 radical (unpaired) electrons. The Bertz CT molecular complexity index is 261. The summed E-state index contributed by atoms with van der Waals surface area (Å²) in [6.45, 7) is 4.19. The Morgan fingerprint density at radius 1 is 1.31 bits per heavy atom. The van der Waals surface area contributed by atoms with Gasteiger partial charge >= 0.3 is 0 Å². The molecule has 0 aliphatic carbocycles. The van der Waals surface area contributed by atoms with Crippen molar-refractivity contribution < 1.29 is 4.79 Å². The molecule has 70 valence electrons. The third-order valence-corrected chi connectivity index (χ3v) is 2.20. The second kappa shape index (κ2) is 4.80. The van der Waals surface area contributed by atoms with Crippen LogP contribution in [0.3, 0.4) is 0 Å². The fourth-order valence-corrected chi connectivity index (χ4v) is 1.37. The zero-order valence-electron chi connectivity index (χ0n) is 8.29. The Balaban J connectivity index is 2.53. The van der Waals surface area contributed by atoms with E-state index in [1.807, 2.05) is 0 Å². The molecule has 0 aliphatic rings. The number of hydrogen-bond acceptors (Lipinski definition) is 1. The predicted octanol–water partition coefficient (Wildman–Crippen LogP) is 2.76. The van der Waals surface area contributed by atoms with Crippen molar-refractivity contribution in [2.75, 3.05) is 0 Å². The maximum absolute atomic E-state index is 10.3. The van der Waals surface area contributed by atoms with E-state index in [1.54, 1.807) is 0 Å².